The number of aryl methyl sites for hydroxylation is 1. The molecule has 196 valence electrons. The Balaban J connectivity index is 1.54. The number of nitrogens with zero attached hydrogens (tertiary/aromatic N) is 2. The monoisotopic (exact) mass is 541 g/mol. The molecule has 0 bridgehead atoms. The van der Waals surface area contributed by atoms with E-state index in [0.717, 1.165) is 35.6 Å². The van der Waals surface area contributed by atoms with Crippen LogP contribution < -0.4 is 9.62 Å². The zero-order valence-electron chi connectivity index (χ0n) is 20.9. The van der Waals surface area contributed by atoms with E-state index >= 15 is 0 Å². The van der Waals surface area contributed by atoms with E-state index in [9.17, 15) is 21.6 Å². The molecule has 3 aromatic carbocycles. The van der Waals surface area contributed by atoms with Crippen molar-refractivity contribution < 1.29 is 21.6 Å². The highest BCUT2D eigenvalue weighted by Gasteiger charge is 2.26. The lowest BCUT2D eigenvalue weighted by Gasteiger charge is -2.22. The molecule has 0 spiro atoms. The Labute approximate surface area is 219 Å². The maximum Gasteiger partial charge on any atom is 0.264 e. The average Bonchev–Trinajstić information content (AvgIpc) is 3.19. The first-order chi connectivity index (χ1) is 17.6. The van der Waals surface area contributed by atoms with Crippen LogP contribution in [0.5, 0.6) is 0 Å². The molecule has 10 heteroatoms. The summed E-state index contributed by atoms with van der Waals surface area (Å²) in [7, 11) is -6.08. The molecule has 0 unspecified atom stereocenters. The number of carbonyl (C=O) groups excluding carboxylic acids is 1. The Morgan fingerprint density at radius 3 is 1.97 bits per heavy atom. The number of sulfonamides is 2. The van der Waals surface area contributed by atoms with Crippen molar-refractivity contribution in [2.24, 2.45) is 0 Å². The quantitative estimate of drug-likeness (QED) is 0.469. The fourth-order valence-corrected chi connectivity index (χ4v) is 7.01. The van der Waals surface area contributed by atoms with Gasteiger partial charge in [0, 0.05) is 25.8 Å². The smallest absolute Gasteiger partial charge is 0.264 e. The Morgan fingerprint density at radius 1 is 0.784 bits per heavy atom. The second-order valence-electron chi connectivity index (χ2n) is 9.10. The van der Waals surface area contributed by atoms with Crippen molar-refractivity contribution in [3.05, 3.63) is 83.9 Å². The van der Waals surface area contributed by atoms with Gasteiger partial charge in [0.25, 0.3) is 15.9 Å². The third-order valence-electron chi connectivity index (χ3n) is 6.48. The van der Waals surface area contributed by atoms with Gasteiger partial charge in [-0.1, -0.05) is 42.7 Å². The molecule has 1 aliphatic heterocycles. The van der Waals surface area contributed by atoms with E-state index in [1.807, 2.05) is 6.92 Å². The van der Waals surface area contributed by atoms with Gasteiger partial charge in [-0.25, -0.2) is 16.8 Å². The molecule has 1 fully saturated rings. The maximum absolute atomic E-state index is 13.2. The van der Waals surface area contributed by atoms with Crippen LogP contribution in [-0.4, -0.2) is 47.2 Å². The van der Waals surface area contributed by atoms with E-state index in [2.05, 4.69) is 5.32 Å². The van der Waals surface area contributed by atoms with E-state index in [-0.39, 0.29) is 21.0 Å². The molecule has 0 saturated carbocycles. The molecule has 3 aromatic rings. The zero-order valence-corrected chi connectivity index (χ0v) is 22.6. The number of benzene rings is 3. The summed E-state index contributed by atoms with van der Waals surface area (Å²) in [6.07, 6.45) is 3.75. The molecule has 0 aromatic heterocycles. The molecule has 8 nitrogen and oxygen atoms in total. The van der Waals surface area contributed by atoms with Gasteiger partial charge in [-0.15, -0.1) is 0 Å². The number of rotatable bonds is 7. The van der Waals surface area contributed by atoms with Crippen molar-refractivity contribution in [1.82, 2.24) is 4.31 Å². The first-order valence-electron chi connectivity index (χ1n) is 12.2. The molecule has 4 rings (SSSR count). The minimum absolute atomic E-state index is 0.122. The number of anilines is 2. The van der Waals surface area contributed by atoms with Crippen molar-refractivity contribution >= 4 is 37.3 Å². The summed E-state index contributed by atoms with van der Waals surface area (Å²) in [6.45, 7) is 2.89. The van der Waals surface area contributed by atoms with E-state index < -0.39 is 26.0 Å². The van der Waals surface area contributed by atoms with Crippen LogP contribution in [-0.2, 0) is 20.0 Å². The summed E-state index contributed by atoms with van der Waals surface area (Å²) < 4.78 is 55.0. The van der Waals surface area contributed by atoms with E-state index in [0.29, 0.717) is 18.8 Å². The maximum atomic E-state index is 13.2. The molecule has 1 N–H and O–H groups in total. The molecule has 37 heavy (non-hydrogen) atoms. The topological polar surface area (TPSA) is 104 Å². The van der Waals surface area contributed by atoms with Crippen molar-refractivity contribution in [3.8, 4) is 0 Å². The fraction of sp³-hybridized carbons (Fsp3) is 0.296. The molecule has 0 atom stereocenters. The van der Waals surface area contributed by atoms with E-state index in [1.165, 1.54) is 47.8 Å². The zero-order chi connectivity index (χ0) is 26.6. The normalized spacial score (nSPS) is 15.1. The summed E-state index contributed by atoms with van der Waals surface area (Å²) in [6, 6.07) is 19.0. The summed E-state index contributed by atoms with van der Waals surface area (Å²) in [5, 5.41) is 2.75. The predicted octanol–water partition coefficient (Wildman–Crippen LogP) is 4.64. The summed E-state index contributed by atoms with van der Waals surface area (Å²) >= 11 is 0. The number of amides is 1. The molecular formula is C27H31N3O5S2. The molecule has 1 aliphatic rings. The number of nitrogens with one attached hydrogen (secondary N) is 1. The van der Waals surface area contributed by atoms with Crippen LogP contribution >= 0.6 is 0 Å². The number of hydrogen-bond acceptors (Lipinski definition) is 5. The Hall–Kier alpha value is -3.21. The lowest BCUT2D eigenvalue weighted by atomic mass is 10.1. The standard InChI is InChI=1S/C27H31N3O5S2/c1-21-11-15-23(16-12-21)36(32,33)29(2)26-10-6-5-9-25(26)27(31)28-22-13-17-24(18-14-22)37(34,35)30-19-7-3-4-8-20-30/h5-6,9-18H,3-4,7-8,19-20H2,1-2H3,(H,28,31). The van der Waals surface area contributed by atoms with Gasteiger partial charge in [0.1, 0.15) is 0 Å². The molecule has 0 aliphatic carbocycles. The van der Waals surface area contributed by atoms with E-state index in [4.69, 9.17) is 0 Å². The molecular weight excluding hydrogens is 510 g/mol. The van der Waals surface area contributed by atoms with Gasteiger partial charge >= 0.3 is 0 Å². The number of para-hydroxylation sites is 1. The van der Waals surface area contributed by atoms with E-state index in [1.54, 1.807) is 36.4 Å². The van der Waals surface area contributed by atoms with Gasteiger partial charge in [-0.2, -0.15) is 4.31 Å². The van der Waals surface area contributed by atoms with Crippen molar-refractivity contribution in [3.63, 3.8) is 0 Å². The second-order valence-corrected chi connectivity index (χ2v) is 13.0. The molecule has 1 amide bonds. The SMILES string of the molecule is Cc1ccc(S(=O)(=O)N(C)c2ccccc2C(=O)Nc2ccc(S(=O)(=O)N3CCCCCC3)cc2)cc1. The molecule has 1 heterocycles. The van der Waals surface area contributed by atoms with Crippen LogP contribution in [0.4, 0.5) is 11.4 Å². The Morgan fingerprint density at radius 2 is 1.35 bits per heavy atom. The van der Waals surface area contributed by atoms with Crippen molar-refractivity contribution in [1.29, 1.82) is 0 Å². The van der Waals surface area contributed by atoms with Gasteiger partial charge in [0.2, 0.25) is 10.0 Å². The minimum atomic E-state index is -3.89. The highest BCUT2D eigenvalue weighted by Crippen LogP contribution is 2.27. The Bertz CT molecular complexity index is 1460. The highest BCUT2D eigenvalue weighted by molar-refractivity contribution is 7.92. The third-order valence-corrected chi connectivity index (χ3v) is 10.2. The van der Waals surface area contributed by atoms with Crippen LogP contribution in [0.25, 0.3) is 0 Å². The summed E-state index contributed by atoms with van der Waals surface area (Å²) in [4.78, 5) is 13.5. The lowest BCUT2D eigenvalue weighted by Crippen LogP contribution is -2.31. The van der Waals surface area contributed by atoms with Crippen LogP contribution in [0.3, 0.4) is 0 Å². The van der Waals surface area contributed by atoms with Crippen LogP contribution in [0.2, 0.25) is 0 Å². The predicted molar refractivity (Wildman–Crippen MR) is 145 cm³/mol. The number of carbonyl (C=O) groups is 1. The fourth-order valence-electron chi connectivity index (χ4n) is 4.28. The average molecular weight is 542 g/mol. The summed E-state index contributed by atoms with van der Waals surface area (Å²) in [5.74, 6) is -0.510. The third kappa shape index (κ3) is 5.87. The first-order valence-corrected chi connectivity index (χ1v) is 15.0. The van der Waals surface area contributed by atoms with Gasteiger partial charge in [-0.05, 0) is 68.3 Å². The van der Waals surface area contributed by atoms with Crippen LogP contribution in [0.15, 0.2) is 82.6 Å². The molecule has 0 radical (unpaired) electrons. The van der Waals surface area contributed by atoms with Gasteiger partial charge in [0.15, 0.2) is 0 Å². The number of hydrogen-bond donors (Lipinski definition) is 1. The van der Waals surface area contributed by atoms with Crippen LogP contribution in [0.1, 0.15) is 41.6 Å². The van der Waals surface area contributed by atoms with Gasteiger partial charge in [0.05, 0.1) is 21.0 Å². The summed E-state index contributed by atoms with van der Waals surface area (Å²) in [5.41, 5.74) is 1.73. The lowest BCUT2D eigenvalue weighted by molar-refractivity contribution is 0.102. The molecule has 1 saturated heterocycles. The van der Waals surface area contributed by atoms with Gasteiger partial charge in [-0.3, -0.25) is 9.10 Å². The van der Waals surface area contributed by atoms with Crippen LogP contribution in [0, 0.1) is 6.92 Å². The highest BCUT2D eigenvalue weighted by atomic mass is 32.2. The first kappa shape index (κ1) is 26.8. The van der Waals surface area contributed by atoms with Crippen molar-refractivity contribution in [2.45, 2.75) is 42.4 Å². The second kappa shape index (κ2) is 11.0. The van der Waals surface area contributed by atoms with Gasteiger partial charge < -0.3 is 5.32 Å². The minimum Gasteiger partial charge on any atom is -0.322 e. The Kier molecular flexibility index (Phi) is 8.01. The largest absolute Gasteiger partial charge is 0.322 e. The van der Waals surface area contributed by atoms with Crippen molar-refractivity contribution in [2.75, 3.05) is 29.8 Å².